The number of esters is 3. The highest BCUT2D eigenvalue weighted by molar-refractivity contribution is 5.71. The number of carbonyl (C=O) groups excluding carboxylic acids is 3. The van der Waals surface area contributed by atoms with Crippen LogP contribution in [0.25, 0.3) is 0 Å². The topological polar surface area (TPSA) is 78.9 Å². The highest BCUT2D eigenvalue weighted by Crippen LogP contribution is 2.14. The SMILES string of the molecule is CC\C=C/C=C\C=C/C=C\CCCCCCCC(=O)OC(COC(=O)CCCCCCC/C=C\CCCCCCCCC)COC(=O)CCCCCCCCC\C=C/C=C\C=C/CC. The normalized spacial score (nSPS) is 12.9. The summed E-state index contributed by atoms with van der Waals surface area (Å²) in [5, 5.41) is 0. The number of allylic oxidation sites excluding steroid dienone is 16. The van der Waals surface area contributed by atoms with E-state index < -0.39 is 6.10 Å². The van der Waals surface area contributed by atoms with Crippen molar-refractivity contribution in [2.24, 2.45) is 0 Å². The molecule has 0 aliphatic rings. The molecule has 0 aromatic carbocycles. The van der Waals surface area contributed by atoms with E-state index in [4.69, 9.17) is 14.2 Å². The van der Waals surface area contributed by atoms with Crippen LogP contribution in [0, 0.1) is 0 Å². The molecule has 6 nitrogen and oxygen atoms in total. The van der Waals surface area contributed by atoms with Gasteiger partial charge in [0.1, 0.15) is 13.2 Å². The third-order valence-electron chi connectivity index (χ3n) is 11.0. The van der Waals surface area contributed by atoms with Crippen LogP contribution in [0.15, 0.2) is 97.2 Å². The number of ether oxygens (including phenoxy) is 3. The minimum Gasteiger partial charge on any atom is -0.462 e. The van der Waals surface area contributed by atoms with E-state index in [0.29, 0.717) is 19.3 Å². The third kappa shape index (κ3) is 49.3. The molecule has 0 amide bonds. The van der Waals surface area contributed by atoms with E-state index in [1.165, 1.54) is 89.9 Å². The van der Waals surface area contributed by atoms with Crippen LogP contribution in [0.4, 0.5) is 0 Å². The van der Waals surface area contributed by atoms with Gasteiger partial charge in [-0.1, -0.05) is 227 Å². The lowest BCUT2D eigenvalue weighted by Gasteiger charge is -2.18. The first-order chi connectivity index (χ1) is 31.5. The van der Waals surface area contributed by atoms with Gasteiger partial charge in [-0.3, -0.25) is 14.4 Å². The minimum atomic E-state index is -0.799. The maximum Gasteiger partial charge on any atom is 0.306 e. The molecular formula is C58H96O6. The predicted octanol–water partition coefficient (Wildman–Crippen LogP) is 17.4. The molecule has 0 bridgehead atoms. The summed E-state index contributed by atoms with van der Waals surface area (Å²) in [7, 11) is 0. The molecule has 1 unspecified atom stereocenters. The first-order valence-electron chi connectivity index (χ1n) is 26.3. The monoisotopic (exact) mass is 889 g/mol. The second-order valence-electron chi connectivity index (χ2n) is 17.2. The van der Waals surface area contributed by atoms with E-state index in [9.17, 15) is 14.4 Å². The molecule has 0 saturated heterocycles. The Labute approximate surface area is 394 Å². The molecule has 0 aliphatic carbocycles. The van der Waals surface area contributed by atoms with Crippen molar-refractivity contribution in [2.75, 3.05) is 13.2 Å². The average molecular weight is 889 g/mol. The zero-order valence-corrected chi connectivity index (χ0v) is 41.5. The maximum absolute atomic E-state index is 12.8. The van der Waals surface area contributed by atoms with Crippen LogP contribution < -0.4 is 0 Å². The largest absolute Gasteiger partial charge is 0.462 e. The van der Waals surface area contributed by atoms with Crippen LogP contribution >= 0.6 is 0 Å². The first kappa shape index (κ1) is 60.3. The van der Waals surface area contributed by atoms with Crippen LogP contribution in [0.3, 0.4) is 0 Å². The van der Waals surface area contributed by atoms with Gasteiger partial charge in [-0.25, -0.2) is 0 Å². The number of rotatable bonds is 46. The van der Waals surface area contributed by atoms with E-state index in [-0.39, 0.29) is 31.1 Å². The number of hydrogen-bond donors (Lipinski definition) is 0. The molecule has 0 aromatic heterocycles. The van der Waals surface area contributed by atoms with Crippen molar-refractivity contribution in [2.45, 2.75) is 239 Å². The van der Waals surface area contributed by atoms with Crippen molar-refractivity contribution in [1.82, 2.24) is 0 Å². The quantitative estimate of drug-likeness (QED) is 0.0199. The molecule has 0 radical (unpaired) electrons. The molecule has 364 valence electrons. The van der Waals surface area contributed by atoms with Gasteiger partial charge in [0.05, 0.1) is 0 Å². The van der Waals surface area contributed by atoms with Gasteiger partial charge in [0.15, 0.2) is 6.10 Å². The van der Waals surface area contributed by atoms with Crippen LogP contribution in [-0.4, -0.2) is 37.2 Å². The van der Waals surface area contributed by atoms with E-state index in [2.05, 4.69) is 99.8 Å². The molecule has 0 heterocycles. The molecule has 0 spiro atoms. The van der Waals surface area contributed by atoms with Gasteiger partial charge in [0.25, 0.3) is 0 Å². The van der Waals surface area contributed by atoms with Crippen molar-refractivity contribution < 1.29 is 28.6 Å². The number of carbonyl (C=O) groups is 3. The summed E-state index contributed by atoms with van der Waals surface area (Å²) in [6.45, 7) is 6.33. The fraction of sp³-hybridized carbons (Fsp3) is 0.672. The van der Waals surface area contributed by atoms with Crippen LogP contribution in [-0.2, 0) is 28.6 Å². The Hall–Kier alpha value is -3.67. The standard InChI is InChI=1S/C58H96O6/c1-4-7-10-13-16-19-22-25-28-31-33-36-39-42-45-48-51-57(60)63-54-55(64-58(61)52-49-46-43-40-37-34-30-27-24-21-18-15-12-9-6-3)53-62-56(59)50-47-44-41-38-35-32-29-26-23-20-17-14-11-8-5-2/h8-9,11-12,14-15,17-18,20-21,23-24,27-28,30-31,55H,4-7,10,13,16,19,22,25-26,29,32-54H2,1-3H3/b11-8-,12-9-,17-14-,18-15-,23-20-,24-21-,30-27-,31-28-. The van der Waals surface area contributed by atoms with Gasteiger partial charge < -0.3 is 14.2 Å². The Bertz CT molecular complexity index is 1300. The summed E-state index contributed by atoms with van der Waals surface area (Å²) >= 11 is 0. The van der Waals surface area contributed by atoms with Crippen molar-refractivity contribution in [3.8, 4) is 0 Å². The Balaban J connectivity index is 4.46. The summed E-state index contributed by atoms with van der Waals surface area (Å²) < 4.78 is 16.8. The van der Waals surface area contributed by atoms with E-state index >= 15 is 0 Å². The second kappa shape index (κ2) is 52.0. The van der Waals surface area contributed by atoms with Crippen molar-refractivity contribution in [3.05, 3.63) is 97.2 Å². The Morgan fingerprint density at radius 3 is 1.00 bits per heavy atom. The van der Waals surface area contributed by atoms with Gasteiger partial charge in [0.2, 0.25) is 0 Å². The number of hydrogen-bond acceptors (Lipinski definition) is 6. The molecule has 0 aliphatic heterocycles. The summed E-state index contributed by atoms with van der Waals surface area (Å²) in [5.41, 5.74) is 0. The smallest absolute Gasteiger partial charge is 0.306 e. The molecule has 0 rings (SSSR count). The lowest BCUT2D eigenvalue weighted by Crippen LogP contribution is -2.30. The highest BCUT2D eigenvalue weighted by Gasteiger charge is 2.19. The first-order valence-corrected chi connectivity index (χ1v) is 26.3. The highest BCUT2D eigenvalue weighted by atomic mass is 16.6. The van der Waals surface area contributed by atoms with Gasteiger partial charge in [0, 0.05) is 19.3 Å². The Morgan fingerprint density at radius 2 is 0.625 bits per heavy atom. The third-order valence-corrected chi connectivity index (χ3v) is 11.0. The zero-order chi connectivity index (χ0) is 46.5. The Morgan fingerprint density at radius 1 is 0.328 bits per heavy atom. The summed E-state index contributed by atoms with van der Waals surface area (Å²) in [6.07, 6.45) is 68.1. The van der Waals surface area contributed by atoms with Crippen LogP contribution in [0.1, 0.15) is 233 Å². The van der Waals surface area contributed by atoms with Crippen molar-refractivity contribution >= 4 is 17.9 Å². The van der Waals surface area contributed by atoms with E-state index in [0.717, 1.165) is 103 Å². The minimum absolute atomic E-state index is 0.0965. The Kier molecular flexibility index (Phi) is 49.0. The van der Waals surface area contributed by atoms with E-state index in [1.54, 1.807) is 0 Å². The van der Waals surface area contributed by atoms with Gasteiger partial charge >= 0.3 is 17.9 Å². The van der Waals surface area contributed by atoms with Gasteiger partial charge in [-0.05, 0) is 83.5 Å². The second-order valence-corrected chi connectivity index (χ2v) is 17.2. The zero-order valence-electron chi connectivity index (χ0n) is 41.5. The van der Waals surface area contributed by atoms with Crippen molar-refractivity contribution in [1.29, 1.82) is 0 Å². The molecule has 1 atom stereocenters. The lowest BCUT2D eigenvalue weighted by molar-refractivity contribution is -0.167. The van der Waals surface area contributed by atoms with Crippen molar-refractivity contribution in [3.63, 3.8) is 0 Å². The molecule has 6 heteroatoms. The molecule has 0 saturated carbocycles. The molecule has 64 heavy (non-hydrogen) atoms. The van der Waals surface area contributed by atoms with Gasteiger partial charge in [-0.2, -0.15) is 0 Å². The van der Waals surface area contributed by atoms with Crippen LogP contribution in [0.2, 0.25) is 0 Å². The van der Waals surface area contributed by atoms with E-state index in [1.807, 2.05) is 18.2 Å². The van der Waals surface area contributed by atoms with Crippen LogP contribution in [0.5, 0.6) is 0 Å². The fourth-order valence-electron chi connectivity index (χ4n) is 7.04. The summed E-state index contributed by atoms with van der Waals surface area (Å²) in [5.74, 6) is -0.941. The molecular weight excluding hydrogens is 793 g/mol. The number of unbranched alkanes of at least 4 members (excludes halogenated alkanes) is 24. The average Bonchev–Trinajstić information content (AvgIpc) is 3.29. The fourth-order valence-corrected chi connectivity index (χ4v) is 7.04. The maximum atomic E-state index is 12.8. The molecule has 0 fully saturated rings. The molecule has 0 aromatic rings. The lowest BCUT2D eigenvalue weighted by atomic mass is 10.1. The predicted molar refractivity (Wildman–Crippen MR) is 274 cm³/mol. The molecule has 0 N–H and O–H groups in total. The summed E-state index contributed by atoms with van der Waals surface area (Å²) in [6, 6.07) is 0. The summed E-state index contributed by atoms with van der Waals surface area (Å²) in [4.78, 5) is 38.0. The van der Waals surface area contributed by atoms with Gasteiger partial charge in [-0.15, -0.1) is 0 Å².